The average molecular weight is 627 g/mol. The molecule has 16 heteroatoms. The predicted molar refractivity (Wildman–Crippen MR) is 154 cm³/mol. The number of phosphoric ester groups is 1. The van der Waals surface area contributed by atoms with Gasteiger partial charge in [-0.2, -0.15) is 0 Å². The number of nitrogens with one attached hydrogen (secondary N) is 4. The van der Waals surface area contributed by atoms with Gasteiger partial charge in [0, 0.05) is 39.9 Å². The Hall–Kier alpha value is -2.13. The lowest BCUT2D eigenvalue weighted by Crippen LogP contribution is -2.46. The molecule has 2 atom stereocenters. The number of hydrogen-bond acceptors (Lipinski definition) is 10. The Bertz CT molecular complexity index is 804. The maximum Gasteiger partial charge on any atom is 0.472 e. The molecule has 0 heterocycles. The zero-order chi connectivity index (χ0) is 31.5. The number of amides is 4. The zero-order valence-electron chi connectivity index (χ0n) is 25.3. The number of hydrogen-bond donors (Lipinski definition) is 5. The minimum absolute atomic E-state index is 0.0228. The first-order valence-electron chi connectivity index (χ1n) is 14.5. The van der Waals surface area contributed by atoms with Crippen molar-refractivity contribution in [2.75, 3.05) is 72.5 Å². The summed E-state index contributed by atoms with van der Waals surface area (Å²) in [6.07, 6.45) is 4.66. The van der Waals surface area contributed by atoms with E-state index in [0.717, 1.165) is 19.3 Å². The zero-order valence-corrected chi connectivity index (χ0v) is 26.2. The highest BCUT2D eigenvalue weighted by Gasteiger charge is 2.19. The second kappa shape index (κ2) is 26.5. The average Bonchev–Trinajstić information content (AvgIpc) is 2.91. The Kier molecular flexibility index (Phi) is 25.2. The predicted octanol–water partition coefficient (Wildman–Crippen LogP) is 0.794. The van der Waals surface area contributed by atoms with Crippen LogP contribution in [0.15, 0.2) is 0 Å². The maximum atomic E-state index is 12.5. The summed E-state index contributed by atoms with van der Waals surface area (Å²) < 4.78 is 36.6. The van der Waals surface area contributed by atoms with Gasteiger partial charge in [-0.05, 0) is 39.0 Å². The lowest BCUT2D eigenvalue weighted by atomic mass is 10.1. The summed E-state index contributed by atoms with van der Waals surface area (Å²) in [5.41, 5.74) is 0. The van der Waals surface area contributed by atoms with Crippen LogP contribution in [0.5, 0.6) is 0 Å². The van der Waals surface area contributed by atoms with Gasteiger partial charge in [0.15, 0.2) is 0 Å². The van der Waals surface area contributed by atoms with Gasteiger partial charge in [0.25, 0.3) is 0 Å². The first kappa shape index (κ1) is 39.9. The molecule has 0 aliphatic carbocycles. The van der Waals surface area contributed by atoms with Crippen LogP contribution >= 0.6 is 7.82 Å². The summed E-state index contributed by atoms with van der Waals surface area (Å²) >= 11 is 0. The van der Waals surface area contributed by atoms with E-state index in [1.807, 2.05) is 0 Å². The molecule has 246 valence electrons. The molecule has 0 radical (unpaired) electrons. The van der Waals surface area contributed by atoms with Gasteiger partial charge < -0.3 is 40.4 Å². The monoisotopic (exact) mass is 626 g/mol. The van der Waals surface area contributed by atoms with Crippen molar-refractivity contribution in [3.05, 3.63) is 0 Å². The number of carbonyl (C=O) groups is 4. The van der Waals surface area contributed by atoms with E-state index in [0.29, 0.717) is 58.6 Å². The Labute approximate surface area is 249 Å². The summed E-state index contributed by atoms with van der Waals surface area (Å²) in [6, 6.07) is -0.668. The van der Waals surface area contributed by atoms with E-state index in [1.54, 1.807) is 6.92 Å². The van der Waals surface area contributed by atoms with Crippen LogP contribution in [0.1, 0.15) is 65.7 Å². The molecule has 4 amide bonds. The van der Waals surface area contributed by atoms with Gasteiger partial charge in [0.1, 0.15) is 6.04 Å². The first-order valence-corrected chi connectivity index (χ1v) is 16.0. The van der Waals surface area contributed by atoms with E-state index < -0.39 is 13.9 Å². The van der Waals surface area contributed by atoms with Crippen molar-refractivity contribution >= 4 is 31.5 Å². The van der Waals surface area contributed by atoms with Crippen molar-refractivity contribution < 1.29 is 51.9 Å². The molecular formula is C26H51N4O11P. The number of ether oxygens (including phenoxy) is 3. The van der Waals surface area contributed by atoms with Gasteiger partial charge in [0.2, 0.25) is 23.6 Å². The molecule has 0 aromatic carbocycles. The molecule has 0 saturated carbocycles. The lowest BCUT2D eigenvalue weighted by molar-refractivity contribution is -0.128. The summed E-state index contributed by atoms with van der Waals surface area (Å²) in [6.45, 7) is 7.44. The summed E-state index contributed by atoms with van der Waals surface area (Å²) in [7, 11) is -4.00. The number of rotatable bonds is 28. The fraction of sp³-hybridized carbons (Fsp3) is 0.846. The molecule has 42 heavy (non-hydrogen) atoms. The van der Waals surface area contributed by atoms with E-state index >= 15 is 0 Å². The number of unbranched alkanes of at least 4 members (excludes halogenated alkanes) is 3. The molecule has 0 bridgehead atoms. The van der Waals surface area contributed by atoms with Crippen LogP contribution in [0.25, 0.3) is 0 Å². The van der Waals surface area contributed by atoms with Gasteiger partial charge in [-0.3, -0.25) is 28.2 Å². The van der Waals surface area contributed by atoms with Crippen LogP contribution in [-0.4, -0.2) is 107 Å². The van der Waals surface area contributed by atoms with E-state index in [2.05, 4.69) is 25.8 Å². The van der Waals surface area contributed by atoms with Crippen molar-refractivity contribution in [1.82, 2.24) is 21.3 Å². The van der Waals surface area contributed by atoms with Crippen molar-refractivity contribution in [1.29, 1.82) is 0 Å². The third-order valence-electron chi connectivity index (χ3n) is 5.45. The largest absolute Gasteiger partial charge is 0.472 e. The Balaban J connectivity index is 3.81. The highest BCUT2D eigenvalue weighted by atomic mass is 31.2. The number of carbonyl (C=O) groups excluding carboxylic acids is 4. The van der Waals surface area contributed by atoms with Gasteiger partial charge >= 0.3 is 7.82 Å². The highest BCUT2D eigenvalue weighted by molar-refractivity contribution is 7.47. The van der Waals surface area contributed by atoms with Crippen LogP contribution in [-0.2, 0) is 47.0 Å². The topological polar surface area (TPSA) is 200 Å². The van der Waals surface area contributed by atoms with E-state index in [4.69, 9.17) is 18.7 Å². The molecule has 0 aromatic heterocycles. The van der Waals surface area contributed by atoms with Crippen molar-refractivity contribution in [2.24, 2.45) is 0 Å². The first-order chi connectivity index (χ1) is 20.1. The smallest absolute Gasteiger partial charge is 0.377 e. The molecule has 0 saturated heterocycles. The van der Waals surface area contributed by atoms with Crippen LogP contribution in [0.3, 0.4) is 0 Å². The van der Waals surface area contributed by atoms with Gasteiger partial charge in [-0.15, -0.1) is 0 Å². The molecule has 0 spiro atoms. The second-order valence-corrected chi connectivity index (χ2v) is 10.7. The third kappa shape index (κ3) is 26.7. The molecule has 1 unspecified atom stereocenters. The van der Waals surface area contributed by atoms with E-state index in [-0.39, 0.29) is 63.2 Å². The van der Waals surface area contributed by atoms with E-state index in [1.165, 1.54) is 13.8 Å². The molecule has 0 aliphatic heterocycles. The van der Waals surface area contributed by atoms with Crippen LogP contribution in [0.2, 0.25) is 0 Å². The molecule has 5 N–H and O–H groups in total. The quantitative estimate of drug-likeness (QED) is 0.0608. The Morgan fingerprint density at radius 1 is 0.690 bits per heavy atom. The molecule has 15 nitrogen and oxygen atoms in total. The highest BCUT2D eigenvalue weighted by Crippen LogP contribution is 2.42. The van der Waals surface area contributed by atoms with Crippen molar-refractivity contribution in [3.63, 3.8) is 0 Å². The van der Waals surface area contributed by atoms with Crippen molar-refractivity contribution in [3.8, 4) is 0 Å². The molecule has 0 rings (SSSR count). The van der Waals surface area contributed by atoms with Crippen molar-refractivity contribution in [2.45, 2.75) is 71.8 Å². The summed E-state index contributed by atoms with van der Waals surface area (Å²) in [4.78, 5) is 56.0. The molecule has 0 fully saturated rings. The summed E-state index contributed by atoms with van der Waals surface area (Å²) in [5, 5.41) is 11.0. The van der Waals surface area contributed by atoms with Crippen LogP contribution in [0.4, 0.5) is 0 Å². The van der Waals surface area contributed by atoms with Gasteiger partial charge in [-0.1, -0.05) is 6.42 Å². The minimum atomic E-state index is -4.00. The Morgan fingerprint density at radius 2 is 1.29 bits per heavy atom. The summed E-state index contributed by atoms with van der Waals surface area (Å²) in [5.74, 6) is -0.675. The van der Waals surface area contributed by atoms with Crippen LogP contribution < -0.4 is 21.3 Å². The van der Waals surface area contributed by atoms with Crippen LogP contribution in [0, 0.1) is 0 Å². The standard InChI is InChI=1S/C26H51N4O11P/c1-4-40-42(35,36)41-21-20-39-19-18-38-17-16-37-15-14-29-26(34)24(30-23(3)32)10-7-9-13-28-25(33)11-6-5-8-12-27-22(2)31/h24H,4-21H2,1-3H3,(H,27,31)(H,28,33)(H,29,34)(H,30,32)(H,35,36)/t24-/m0/s1. The molecule has 0 aromatic rings. The minimum Gasteiger partial charge on any atom is -0.377 e. The van der Waals surface area contributed by atoms with E-state index in [9.17, 15) is 28.6 Å². The normalized spacial score (nSPS) is 13.1. The van der Waals surface area contributed by atoms with Gasteiger partial charge in [-0.25, -0.2) is 4.57 Å². The molecule has 0 aliphatic rings. The Morgan fingerprint density at radius 3 is 1.90 bits per heavy atom. The fourth-order valence-electron chi connectivity index (χ4n) is 3.48. The molecular weight excluding hydrogens is 575 g/mol. The SMILES string of the molecule is CCOP(=O)(O)OCCOCCOCCOCCNC(=O)[C@H](CCCCNC(=O)CCCCCNC(C)=O)NC(C)=O. The maximum absolute atomic E-state index is 12.5. The third-order valence-corrected chi connectivity index (χ3v) is 6.55. The lowest BCUT2D eigenvalue weighted by Gasteiger charge is -2.17. The van der Waals surface area contributed by atoms with Gasteiger partial charge in [0.05, 0.1) is 52.9 Å². The fourth-order valence-corrected chi connectivity index (χ4v) is 4.19. The second-order valence-electron chi connectivity index (χ2n) is 9.24. The number of phosphoric acid groups is 1.